The van der Waals surface area contributed by atoms with Gasteiger partial charge in [-0.1, -0.05) is 48.2 Å². The number of nitrogens with one attached hydrogen (secondary N) is 1. The first-order chi connectivity index (χ1) is 14.7. The van der Waals surface area contributed by atoms with Crippen LogP contribution in [0.2, 0.25) is 0 Å². The number of carbonyl (C=O) groups is 1. The minimum absolute atomic E-state index is 0.105. The van der Waals surface area contributed by atoms with E-state index in [0.717, 1.165) is 21.8 Å². The highest BCUT2D eigenvalue weighted by molar-refractivity contribution is 7.99. The van der Waals surface area contributed by atoms with Crippen molar-refractivity contribution in [3.05, 3.63) is 82.6 Å². The van der Waals surface area contributed by atoms with E-state index in [1.54, 1.807) is 18.4 Å². The second kappa shape index (κ2) is 9.60. The van der Waals surface area contributed by atoms with Crippen molar-refractivity contribution in [1.29, 1.82) is 0 Å². The number of thiophene rings is 1. The maximum Gasteiger partial charge on any atom is 0.277 e. The van der Waals surface area contributed by atoms with Gasteiger partial charge >= 0.3 is 0 Å². The Morgan fingerprint density at radius 2 is 1.90 bits per heavy atom. The third-order valence-corrected chi connectivity index (χ3v) is 6.09. The van der Waals surface area contributed by atoms with Gasteiger partial charge in [0.25, 0.3) is 5.22 Å². The molecule has 0 fully saturated rings. The molecule has 30 heavy (non-hydrogen) atoms. The van der Waals surface area contributed by atoms with Gasteiger partial charge in [-0.3, -0.25) is 4.79 Å². The molecule has 4 aromatic rings. The normalized spacial score (nSPS) is 11.8. The van der Waals surface area contributed by atoms with E-state index in [9.17, 15) is 4.79 Å². The average Bonchev–Trinajstić information content (AvgIpc) is 3.49. The van der Waals surface area contributed by atoms with Gasteiger partial charge in [-0.05, 0) is 41.3 Å². The highest BCUT2D eigenvalue weighted by Crippen LogP contribution is 2.27. The van der Waals surface area contributed by atoms with Crippen LogP contribution in [0.5, 0.6) is 5.75 Å². The first-order valence-corrected chi connectivity index (χ1v) is 11.1. The SMILES string of the molecule is COc1ccc(-c2nnc(SCC(=O)N[C@@H](c3ccccc3)c3cccs3)o2)cc1. The van der Waals surface area contributed by atoms with Gasteiger partial charge in [0.2, 0.25) is 11.8 Å². The van der Waals surface area contributed by atoms with E-state index in [1.165, 1.54) is 11.8 Å². The van der Waals surface area contributed by atoms with Crippen LogP contribution >= 0.6 is 23.1 Å². The van der Waals surface area contributed by atoms with Crippen LogP contribution in [0.1, 0.15) is 16.5 Å². The Balaban J connectivity index is 1.39. The Morgan fingerprint density at radius 1 is 1.10 bits per heavy atom. The number of ether oxygens (including phenoxy) is 1. The van der Waals surface area contributed by atoms with Gasteiger partial charge in [-0.2, -0.15) is 0 Å². The Kier molecular flexibility index (Phi) is 6.46. The predicted octanol–water partition coefficient (Wildman–Crippen LogP) is 4.80. The summed E-state index contributed by atoms with van der Waals surface area (Å²) in [6, 6.07) is 21.1. The summed E-state index contributed by atoms with van der Waals surface area (Å²) in [5.41, 5.74) is 1.83. The molecule has 1 amide bonds. The molecular formula is C22H19N3O3S2. The van der Waals surface area contributed by atoms with Gasteiger partial charge in [0.05, 0.1) is 18.9 Å². The fourth-order valence-corrected chi connectivity index (χ4v) is 4.24. The van der Waals surface area contributed by atoms with Gasteiger partial charge in [-0.15, -0.1) is 21.5 Å². The lowest BCUT2D eigenvalue weighted by Gasteiger charge is -2.17. The van der Waals surface area contributed by atoms with Crippen LogP contribution in [0.3, 0.4) is 0 Å². The molecule has 0 aliphatic heterocycles. The number of nitrogens with zero attached hydrogens (tertiary/aromatic N) is 2. The number of rotatable bonds is 8. The number of amides is 1. The number of benzene rings is 2. The Hall–Kier alpha value is -3.10. The van der Waals surface area contributed by atoms with Crippen LogP contribution in [0.25, 0.3) is 11.5 Å². The van der Waals surface area contributed by atoms with Crippen LogP contribution in [-0.2, 0) is 4.79 Å². The Bertz CT molecular complexity index is 1080. The third kappa shape index (κ3) is 4.90. The molecule has 0 radical (unpaired) electrons. The Labute approximate surface area is 182 Å². The molecule has 1 N–H and O–H groups in total. The Morgan fingerprint density at radius 3 is 2.60 bits per heavy atom. The minimum Gasteiger partial charge on any atom is -0.497 e. The van der Waals surface area contributed by atoms with E-state index in [1.807, 2.05) is 72.1 Å². The number of hydrogen-bond acceptors (Lipinski definition) is 7. The molecule has 1 atom stereocenters. The lowest BCUT2D eigenvalue weighted by atomic mass is 10.1. The summed E-state index contributed by atoms with van der Waals surface area (Å²) in [5.74, 6) is 1.23. The number of methoxy groups -OCH3 is 1. The fraction of sp³-hybridized carbons (Fsp3) is 0.136. The lowest BCUT2D eigenvalue weighted by molar-refractivity contribution is -0.119. The first kappa shape index (κ1) is 20.2. The summed E-state index contributed by atoms with van der Waals surface area (Å²) in [6.45, 7) is 0. The van der Waals surface area contributed by atoms with Crippen molar-refractivity contribution in [2.24, 2.45) is 0 Å². The summed E-state index contributed by atoms with van der Waals surface area (Å²) in [7, 11) is 1.61. The standard InChI is InChI=1S/C22H19N3O3S2/c1-27-17-11-9-16(10-12-17)21-24-25-22(28-21)30-14-19(26)23-20(18-8-5-13-29-18)15-6-3-2-4-7-15/h2-13,20H,14H2,1H3,(H,23,26)/t20-/m0/s1. The molecule has 0 unspecified atom stereocenters. The molecule has 0 saturated carbocycles. The van der Waals surface area contributed by atoms with Gasteiger partial charge in [-0.25, -0.2) is 0 Å². The zero-order valence-electron chi connectivity index (χ0n) is 16.1. The van der Waals surface area contributed by atoms with Crippen molar-refractivity contribution in [2.45, 2.75) is 11.3 Å². The largest absolute Gasteiger partial charge is 0.497 e. The van der Waals surface area contributed by atoms with Crippen LogP contribution in [0.15, 0.2) is 81.8 Å². The maximum absolute atomic E-state index is 12.6. The molecule has 0 aliphatic carbocycles. The molecule has 2 aromatic heterocycles. The van der Waals surface area contributed by atoms with E-state index in [-0.39, 0.29) is 17.7 Å². The van der Waals surface area contributed by atoms with E-state index >= 15 is 0 Å². The summed E-state index contributed by atoms with van der Waals surface area (Å²) in [5, 5.41) is 13.6. The topological polar surface area (TPSA) is 77.2 Å². The fourth-order valence-electron chi connectivity index (χ4n) is 2.87. The highest BCUT2D eigenvalue weighted by atomic mass is 32.2. The molecule has 0 spiro atoms. The summed E-state index contributed by atoms with van der Waals surface area (Å²) in [6.07, 6.45) is 0. The predicted molar refractivity (Wildman–Crippen MR) is 118 cm³/mol. The van der Waals surface area contributed by atoms with Crippen molar-refractivity contribution < 1.29 is 13.9 Å². The van der Waals surface area contributed by atoms with Crippen molar-refractivity contribution in [3.8, 4) is 17.2 Å². The summed E-state index contributed by atoms with van der Waals surface area (Å²) < 4.78 is 10.8. The number of thioether (sulfide) groups is 1. The quantitative estimate of drug-likeness (QED) is 0.399. The van der Waals surface area contributed by atoms with Crippen LogP contribution in [0, 0.1) is 0 Å². The molecule has 0 aliphatic rings. The average molecular weight is 438 g/mol. The molecule has 0 bridgehead atoms. The number of aromatic nitrogens is 2. The van der Waals surface area contributed by atoms with Crippen molar-refractivity contribution in [1.82, 2.24) is 15.5 Å². The van der Waals surface area contributed by atoms with Crippen molar-refractivity contribution in [3.63, 3.8) is 0 Å². The minimum atomic E-state index is -0.183. The van der Waals surface area contributed by atoms with Crippen LogP contribution in [-0.4, -0.2) is 29.0 Å². The molecule has 6 nitrogen and oxygen atoms in total. The molecule has 2 aromatic carbocycles. The number of carbonyl (C=O) groups excluding carboxylic acids is 1. The van der Waals surface area contributed by atoms with Gasteiger partial charge < -0.3 is 14.5 Å². The van der Waals surface area contributed by atoms with Gasteiger partial charge in [0, 0.05) is 10.4 Å². The van der Waals surface area contributed by atoms with Gasteiger partial charge in [0.1, 0.15) is 5.75 Å². The van der Waals surface area contributed by atoms with Crippen LogP contribution < -0.4 is 10.1 Å². The molecule has 4 rings (SSSR count). The summed E-state index contributed by atoms with van der Waals surface area (Å²) >= 11 is 2.83. The van der Waals surface area contributed by atoms with E-state index in [4.69, 9.17) is 9.15 Å². The van der Waals surface area contributed by atoms with E-state index in [0.29, 0.717) is 11.1 Å². The highest BCUT2D eigenvalue weighted by Gasteiger charge is 2.19. The second-order valence-electron chi connectivity index (χ2n) is 6.32. The summed E-state index contributed by atoms with van der Waals surface area (Å²) in [4.78, 5) is 13.7. The maximum atomic E-state index is 12.6. The second-order valence-corrected chi connectivity index (χ2v) is 8.22. The van der Waals surface area contributed by atoms with Crippen molar-refractivity contribution in [2.75, 3.05) is 12.9 Å². The van der Waals surface area contributed by atoms with Crippen LogP contribution in [0.4, 0.5) is 0 Å². The first-order valence-electron chi connectivity index (χ1n) is 9.21. The smallest absolute Gasteiger partial charge is 0.277 e. The third-order valence-electron chi connectivity index (χ3n) is 4.34. The lowest BCUT2D eigenvalue weighted by Crippen LogP contribution is -2.30. The molecule has 152 valence electrons. The van der Waals surface area contributed by atoms with E-state index < -0.39 is 0 Å². The molecule has 2 heterocycles. The molecular weight excluding hydrogens is 418 g/mol. The number of hydrogen-bond donors (Lipinski definition) is 1. The molecule has 0 saturated heterocycles. The zero-order chi connectivity index (χ0) is 20.8. The van der Waals surface area contributed by atoms with E-state index in [2.05, 4.69) is 15.5 Å². The molecule has 8 heteroatoms. The van der Waals surface area contributed by atoms with Gasteiger partial charge in [0.15, 0.2) is 0 Å². The monoisotopic (exact) mass is 437 g/mol. The zero-order valence-corrected chi connectivity index (χ0v) is 17.8. The van der Waals surface area contributed by atoms with Crippen molar-refractivity contribution >= 4 is 29.0 Å².